The Morgan fingerprint density at radius 3 is 0.429 bits per heavy atom. The van der Waals surface area contributed by atoms with Crippen LogP contribution in [0, 0.1) is 0 Å². The predicted octanol–water partition coefficient (Wildman–Crippen LogP) is -18.0. The average Bonchev–Trinajstić information content (AvgIpc) is 0. The Morgan fingerprint density at radius 2 is 0.429 bits per heavy atom. The van der Waals surface area contributed by atoms with Crippen LogP contribution in [0.1, 0.15) is 0 Å². The largest absolute Gasteiger partial charge is 4.00 e. The van der Waals surface area contributed by atoms with Crippen LogP contribution in [0.4, 0.5) is 0 Å². The van der Waals surface area contributed by atoms with E-state index in [1.54, 1.807) is 0 Å². The second kappa shape index (κ2) is 89.8. The monoisotopic (exact) mass is 314 g/mol. The summed E-state index contributed by atoms with van der Waals surface area (Å²) in [6, 6.07) is 0. The Morgan fingerprint density at radius 1 is 0.429 bits per heavy atom. The van der Waals surface area contributed by atoms with Gasteiger partial charge in [-0.2, -0.15) is 0 Å². The van der Waals surface area contributed by atoms with Gasteiger partial charge in [-0.25, -0.2) is 0 Å². The van der Waals surface area contributed by atoms with Gasteiger partial charge < -0.3 is 23.5 Å². The van der Waals surface area contributed by atoms with Crippen molar-refractivity contribution in [2.75, 3.05) is 0 Å². The van der Waals surface area contributed by atoms with Crippen molar-refractivity contribution in [3.8, 4) is 0 Å². The molecule has 0 fully saturated rings. The summed E-state index contributed by atoms with van der Waals surface area (Å²) in [4.78, 5) is 0. The molecular formula is F5HfK. The first kappa shape index (κ1) is 131. The SMILES string of the molecule is [F-].[F-].[F-].[F-].[F-].[Hf+4].[K+]. The molecule has 0 aliphatic carbocycles. The molecule has 0 aromatic carbocycles. The van der Waals surface area contributed by atoms with Gasteiger partial charge in [0.2, 0.25) is 0 Å². The zero-order valence-corrected chi connectivity index (χ0v) is 10.1. The fraction of sp³-hybridized carbons (Fsp3) is 0. The van der Waals surface area contributed by atoms with Crippen molar-refractivity contribution >= 4 is 0 Å². The van der Waals surface area contributed by atoms with Crippen LogP contribution in [0.3, 0.4) is 0 Å². The van der Waals surface area contributed by atoms with Gasteiger partial charge in [0, 0.05) is 0 Å². The number of halogens is 5. The third-order valence-corrected chi connectivity index (χ3v) is 0. The maximum absolute atomic E-state index is 0. The summed E-state index contributed by atoms with van der Waals surface area (Å²) in [5.74, 6) is 0. The van der Waals surface area contributed by atoms with E-state index >= 15 is 0 Å². The molecule has 40 valence electrons. The fourth-order valence-electron chi connectivity index (χ4n) is 0. The minimum atomic E-state index is 0. The van der Waals surface area contributed by atoms with E-state index in [9.17, 15) is 0 Å². The second-order valence-corrected chi connectivity index (χ2v) is 0. The van der Waals surface area contributed by atoms with Crippen LogP contribution in [-0.4, -0.2) is 0 Å². The van der Waals surface area contributed by atoms with E-state index in [4.69, 9.17) is 0 Å². The molecule has 0 unspecified atom stereocenters. The first-order chi connectivity index (χ1) is 0. The van der Waals surface area contributed by atoms with Crippen LogP contribution in [0.15, 0.2) is 0 Å². The molecule has 7 heteroatoms. The summed E-state index contributed by atoms with van der Waals surface area (Å²) in [6.45, 7) is 0. The minimum absolute atomic E-state index is 0. The van der Waals surface area contributed by atoms with Crippen molar-refractivity contribution in [2.45, 2.75) is 0 Å². The van der Waals surface area contributed by atoms with Crippen LogP contribution in [0.25, 0.3) is 0 Å². The predicted molar refractivity (Wildman–Crippen MR) is 0 cm³/mol. The first-order valence-corrected chi connectivity index (χ1v) is 0. The minimum Gasteiger partial charge on any atom is -1.00 e. The molecule has 0 saturated carbocycles. The van der Waals surface area contributed by atoms with Crippen LogP contribution >= 0.6 is 0 Å². The molecule has 0 atom stereocenters. The molecule has 0 spiro atoms. The normalized spacial score (nSPS) is 0. The molecule has 0 aliphatic rings. The van der Waals surface area contributed by atoms with Crippen molar-refractivity contribution in [1.29, 1.82) is 0 Å². The number of hydrogen-bond acceptors (Lipinski definition) is 0. The van der Waals surface area contributed by atoms with Gasteiger partial charge in [-0.1, -0.05) is 0 Å². The van der Waals surface area contributed by atoms with E-state index in [0.29, 0.717) is 0 Å². The van der Waals surface area contributed by atoms with Crippen molar-refractivity contribution in [3.05, 3.63) is 0 Å². The molecule has 0 heterocycles. The Balaban J connectivity index is 0. The van der Waals surface area contributed by atoms with E-state index in [0.717, 1.165) is 0 Å². The molecule has 0 N–H and O–H groups in total. The fourth-order valence-corrected chi connectivity index (χ4v) is 0. The third-order valence-electron chi connectivity index (χ3n) is 0. The average molecular weight is 313 g/mol. The van der Waals surface area contributed by atoms with Crippen LogP contribution in [-0.2, 0) is 25.8 Å². The zero-order chi connectivity index (χ0) is 0. The Hall–Kier alpha value is 2.16. The van der Waals surface area contributed by atoms with Crippen LogP contribution < -0.4 is 74.9 Å². The molecular weight excluding hydrogens is 313 g/mol. The van der Waals surface area contributed by atoms with Crippen molar-refractivity contribution in [1.82, 2.24) is 0 Å². The summed E-state index contributed by atoms with van der Waals surface area (Å²) in [5, 5.41) is 0. The molecule has 0 aliphatic heterocycles. The van der Waals surface area contributed by atoms with E-state index in [1.807, 2.05) is 0 Å². The molecule has 0 nitrogen and oxygen atoms in total. The Kier molecular flexibility index (Phi) is 1680. The van der Waals surface area contributed by atoms with Crippen LogP contribution in [0.2, 0.25) is 0 Å². The summed E-state index contributed by atoms with van der Waals surface area (Å²) < 4.78 is 0. The van der Waals surface area contributed by atoms with E-state index < -0.39 is 0 Å². The van der Waals surface area contributed by atoms with Gasteiger partial charge in [0.25, 0.3) is 0 Å². The molecule has 0 bridgehead atoms. The molecule has 0 radical (unpaired) electrons. The summed E-state index contributed by atoms with van der Waals surface area (Å²) in [6.07, 6.45) is 0. The van der Waals surface area contributed by atoms with Gasteiger partial charge in [-0.3, -0.25) is 0 Å². The Labute approximate surface area is 98.8 Å². The molecule has 0 rings (SSSR count). The van der Waals surface area contributed by atoms with Gasteiger partial charge in [0.1, 0.15) is 0 Å². The maximum atomic E-state index is 0. The van der Waals surface area contributed by atoms with Gasteiger partial charge in [0.05, 0.1) is 0 Å². The first-order valence-electron chi connectivity index (χ1n) is 0. The molecule has 0 aromatic heterocycles. The quantitative estimate of drug-likeness (QED) is 0.308. The van der Waals surface area contributed by atoms with E-state index in [2.05, 4.69) is 0 Å². The maximum Gasteiger partial charge on any atom is 4.00 e. The molecule has 0 amide bonds. The smallest absolute Gasteiger partial charge is 1.00 e. The van der Waals surface area contributed by atoms with Crippen molar-refractivity contribution in [2.24, 2.45) is 0 Å². The number of rotatable bonds is 0. The number of hydrogen-bond donors (Lipinski definition) is 0. The summed E-state index contributed by atoms with van der Waals surface area (Å²) in [5.41, 5.74) is 0. The zero-order valence-electron chi connectivity index (χ0n) is 3.39. The van der Waals surface area contributed by atoms with Gasteiger partial charge in [-0.05, 0) is 0 Å². The van der Waals surface area contributed by atoms with E-state index in [1.165, 1.54) is 0 Å². The van der Waals surface area contributed by atoms with Crippen molar-refractivity contribution in [3.63, 3.8) is 0 Å². The molecule has 0 aromatic rings. The molecule has 0 saturated heterocycles. The third kappa shape index (κ3) is 66.5. The van der Waals surface area contributed by atoms with Gasteiger partial charge >= 0.3 is 77.2 Å². The summed E-state index contributed by atoms with van der Waals surface area (Å²) >= 11 is 0. The Bertz CT molecular complexity index is 8.04. The van der Waals surface area contributed by atoms with Crippen LogP contribution in [0.5, 0.6) is 0 Å². The summed E-state index contributed by atoms with van der Waals surface area (Å²) in [7, 11) is 0. The second-order valence-electron chi connectivity index (χ2n) is 0. The standard InChI is InChI=1S/5FH.Hf.K/h5*1H;;/q;;;;;+4;+1/p-5. The van der Waals surface area contributed by atoms with Gasteiger partial charge in [0.15, 0.2) is 0 Å². The topological polar surface area (TPSA) is 0 Å². The van der Waals surface area contributed by atoms with Crippen molar-refractivity contribution < 1.29 is 101 Å². The van der Waals surface area contributed by atoms with Gasteiger partial charge in [-0.15, -0.1) is 0 Å². The van der Waals surface area contributed by atoms with E-state index in [-0.39, 0.29) is 101 Å². The molecule has 7 heavy (non-hydrogen) atoms.